The number of nitrogens with zero attached hydrogens (tertiary/aromatic N) is 1. The van der Waals surface area contributed by atoms with E-state index in [9.17, 15) is 0 Å². The van der Waals surface area contributed by atoms with Crippen LogP contribution in [0.3, 0.4) is 0 Å². The van der Waals surface area contributed by atoms with Crippen LogP contribution in [0.4, 0.5) is 0 Å². The normalized spacial score (nSPS) is 14.6. The van der Waals surface area contributed by atoms with E-state index in [0.717, 1.165) is 0 Å². The predicted molar refractivity (Wildman–Crippen MR) is 82.6 cm³/mol. The summed E-state index contributed by atoms with van der Waals surface area (Å²) in [5.74, 6) is 0.591. The van der Waals surface area contributed by atoms with Crippen LogP contribution in [0.1, 0.15) is 61.7 Å². The minimum absolute atomic E-state index is 0.340. The molecule has 2 aromatic rings. The Kier molecular flexibility index (Phi) is 4.72. The Balaban J connectivity index is 2.01. The molecular weight excluding hydrogens is 252 g/mol. The molecule has 1 aromatic carbocycles. The van der Waals surface area contributed by atoms with Gasteiger partial charge in [0.25, 0.3) is 0 Å². The van der Waals surface area contributed by atoms with E-state index >= 15 is 0 Å². The number of rotatable bonds is 5. The summed E-state index contributed by atoms with van der Waals surface area (Å²) in [6.45, 7) is 8.85. The quantitative estimate of drug-likeness (QED) is 0.856. The van der Waals surface area contributed by atoms with Crippen LogP contribution < -0.4 is 5.32 Å². The fraction of sp³-hybridized carbons (Fsp3) is 0.438. The maximum absolute atomic E-state index is 4.13. The van der Waals surface area contributed by atoms with Crippen molar-refractivity contribution >= 4 is 11.3 Å². The molecule has 2 rings (SSSR count). The lowest BCUT2D eigenvalue weighted by Gasteiger charge is -2.19. The van der Waals surface area contributed by atoms with Gasteiger partial charge in [-0.25, -0.2) is 0 Å². The molecule has 0 spiro atoms. The molecule has 102 valence electrons. The molecular formula is C16H22N2S. The van der Waals surface area contributed by atoms with Gasteiger partial charge in [-0.3, -0.25) is 4.98 Å². The van der Waals surface area contributed by atoms with Crippen molar-refractivity contribution in [3.63, 3.8) is 0 Å². The largest absolute Gasteiger partial charge is 0.303 e. The lowest BCUT2D eigenvalue weighted by Crippen LogP contribution is -2.21. The molecule has 0 fully saturated rings. The number of benzene rings is 1. The molecule has 1 N–H and O–H groups in total. The zero-order valence-corrected chi connectivity index (χ0v) is 12.9. The molecule has 0 radical (unpaired) electrons. The Labute approximate surface area is 119 Å². The second-order valence-corrected chi connectivity index (χ2v) is 6.25. The summed E-state index contributed by atoms with van der Waals surface area (Å²) >= 11 is 1.70. The minimum Gasteiger partial charge on any atom is -0.303 e. The molecule has 0 saturated carbocycles. The highest BCUT2D eigenvalue weighted by Crippen LogP contribution is 2.23. The van der Waals surface area contributed by atoms with Crippen LogP contribution in [0.15, 0.2) is 36.0 Å². The third-order valence-corrected chi connectivity index (χ3v) is 4.44. The van der Waals surface area contributed by atoms with Gasteiger partial charge >= 0.3 is 0 Å². The SMILES string of the molecule is CC(C)c1ccc(C(C)NC(C)c2cncs2)cc1. The van der Waals surface area contributed by atoms with Crippen LogP contribution in [-0.4, -0.2) is 4.98 Å². The van der Waals surface area contributed by atoms with Gasteiger partial charge in [-0.1, -0.05) is 38.1 Å². The van der Waals surface area contributed by atoms with E-state index in [1.165, 1.54) is 16.0 Å². The molecule has 0 aliphatic heterocycles. The first-order valence-corrected chi connectivity index (χ1v) is 7.70. The summed E-state index contributed by atoms with van der Waals surface area (Å²) < 4.78 is 0. The number of aromatic nitrogens is 1. The van der Waals surface area contributed by atoms with E-state index < -0.39 is 0 Å². The summed E-state index contributed by atoms with van der Waals surface area (Å²) in [6, 6.07) is 9.61. The second kappa shape index (κ2) is 6.31. The molecule has 0 aliphatic carbocycles. The van der Waals surface area contributed by atoms with Gasteiger partial charge in [-0.15, -0.1) is 11.3 Å². The lowest BCUT2D eigenvalue weighted by atomic mass is 9.99. The average Bonchev–Trinajstić information content (AvgIpc) is 2.92. The van der Waals surface area contributed by atoms with E-state index in [2.05, 4.69) is 62.3 Å². The smallest absolute Gasteiger partial charge is 0.0794 e. The molecule has 2 nitrogen and oxygen atoms in total. The molecule has 1 heterocycles. The van der Waals surface area contributed by atoms with Crippen LogP contribution in [-0.2, 0) is 0 Å². The average molecular weight is 274 g/mol. The van der Waals surface area contributed by atoms with Crippen LogP contribution in [0.25, 0.3) is 0 Å². The van der Waals surface area contributed by atoms with Gasteiger partial charge < -0.3 is 5.32 Å². The van der Waals surface area contributed by atoms with Gasteiger partial charge in [-0.05, 0) is 30.9 Å². The zero-order valence-electron chi connectivity index (χ0n) is 12.1. The molecule has 2 unspecified atom stereocenters. The maximum Gasteiger partial charge on any atom is 0.0794 e. The van der Waals surface area contributed by atoms with Crippen molar-refractivity contribution in [3.8, 4) is 0 Å². The van der Waals surface area contributed by atoms with Crippen molar-refractivity contribution < 1.29 is 0 Å². The van der Waals surface area contributed by atoms with E-state index in [-0.39, 0.29) is 0 Å². The number of hydrogen-bond acceptors (Lipinski definition) is 3. The van der Waals surface area contributed by atoms with Crippen LogP contribution >= 0.6 is 11.3 Å². The third kappa shape index (κ3) is 3.64. The first-order valence-electron chi connectivity index (χ1n) is 6.82. The minimum atomic E-state index is 0.340. The van der Waals surface area contributed by atoms with E-state index in [4.69, 9.17) is 0 Å². The summed E-state index contributed by atoms with van der Waals surface area (Å²) in [6.07, 6.45) is 1.94. The second-order valence-electron chi connectivity index (χ2n) is 5.34. The molecule has 19 heavy (non-hydrogen) atoms. The first kappa shape index (κ1) is 14.2. The maximum atomic E-state index is 4.13. The molecule has 0 saturated heterocycles. The summed E-state index contributed by atoms with van der Waals surface area (Å²) in [7, 11) is 0. The van der Waals surface area contributed by atoms with Gasteiger partial charge in [0.2, 0.25) is 0 Å². The summed E-state index contributed by atoms with van der Waals surface area (Å²) in [5, 5.41) is 3.62. The number of hydrogen-bond donors (Lipinski definition) is 1. The lowest BCUT2D eigenvalue weighted by molar-refractivity contribution is 0.499. The fourth-order valence-corrected chi connectivity index (χ4v) is 2.80. The molecule has 2 atom stereocenters. The number of thiazole rings is 1. The van der Waals surface area contributed by atoms with Gasteiger partial charge in [0.05, 0.1) is 5.51 Å². The predicted octanol–water partition coefficient (Wildman–Crippen LogP) is 4.68. The molecule has 3 heteroatoms. The Morgan fingerprint density at radius 1 is 0.947 bits per heavy atom. The highest BCUT2D eigenvalue weighted by molar-refractivity contribution is 7.09. The van der Waals surface area contributed by atoms with Crippen molar-refractivity contribution in [1.29, 1.82) is 0 Å². The van der Waals surface area contributed by atoms with Crippen molar-refractivity contribution in [2.24, 2.45) is 0 Å². The van der Waals surface area contributed by atoms with Crippen LogP contribution in [0.5, 0.6) is 0 Å². The van der Waals surface area contributed by atoms with Gasteiger partial charge in [-0.2, -0.15) is 0 Å². The van der Waals surface area contributed by atoms with Crippen molar-refractivity contribution in [1.82, 2.24) is 10.3 Å². The van der Waals surface area contributed by atoms with Gasteiger partial charge in [0.15, 0.2) is 0 Å². The van der Waals surface area contributed by atoms with E-state index in [1.54, 1.807) is 11.3 Å². The Hall–Kier alpha value is -1.19. The summed E-state index contributed by atoms with van der Waals surface area (Å²) in [5.41, 5.74) is 4.61. The molecule has 0 amide bonds. The third-order valence-electron chi connectivity index (χ3n) is 3.48. The molecule has 1 aromatic heterocycles. The highest BCUT2D eigenvalue weighted by atomic mass is 32.1. The Bertz CT molecular complexity index is 488. The first-order chi connectivity index (χ1) is 9.08. The van der Waals surface area contributed by atoms with Crippen molar-refractivity contribution in [2.45, 2.75) is 45.7 Å². The highest BCUT2D eigenvalue weighted by Gasteiger charge is 2.12. The standard InChI is InChI=1S/C16H22N2S/c1-11(2)14-5-7-15(8-6-14)12(3)18-13(4)16-9-17-10-19-16/h5-13,18H,1-4H3. The molecule has 0 bridgehead atoms. The van der Waals surface area contributed by atoms with Gasteiger partial charge in [0.1, 0.15) is 0 Å². The van der Waals surface area contributed by atoms with Crippen molar-refractivity contribution in [3.05, 3.63) is 52.0 Å². The van der Waals surface area contributed by atoms with Crippen LogP contribution in [0.2, 0.25) is 0 Å². The monoisotopic (exact) mass is 274 g/mol. The Morgan fingerprint density at radius 2 is 1.58 bits per heavy atom. The van der Waals surface area contributed by atoms with E-state index in [1.807, 2.05) is 11.7 Å². The van der Waals surface area contributed by atoms with Gasteiger partial charge in [0, 0.05) is 23.2 Å². The number of nitrogens with one attached hydrogen (secondary N) is 1. The zero-order chi connectivity index (χ0) is 13.8. The molecule has 0 aliphatic rings. The van der Waals surface area contributed by atoms with Crippen LogP contribution in [0, 0.1) is 0 Å². The summed E-state index contributed by atoms with van der Waals surface area (Å²) in [4.78, 5) is 5.42. The topological polar surface area (TPSA) is 24.9 Å². The van der Waals surface area contributed by atoms with Crippen molar-refractivity contribution in [2.75, 3.05) is 0 Å². The Morgan fingerprint density at radius 3 is 2.11 bits per heavy atom. The fourth-order valence-electron chi connectivity index (χ4n) is 2.16. The van der Waals surface area contributed by atoms with E-state index in [0.29, 0.717) is 18.0 Å².